The van der Waals surface area contributed by atoms with Gasteiger partial charge in [-0.2, -0.15) is 0 Å². The Morgan fingerprint density at radius 2 is 1.88 bits per heavy atom. The summed E-state index contributed by atoms with van der Waals surface area (Å²) in [6, 6.07) is 0. The normalized spacial score (nSPS) is 20.3. The summed E-state index contributed by atoms with van der Waals surface area (Å²) in [4.78, 5) is 12.6. The Morgan fingerprint density at radius 3 is 2.50 bits per heavy atom. The van der Waals surface area contributed by atoms with Crippen molar-refractivity contribution < 1.29 is 19.4 Å². The fourth-order valence-corrected chi connectivity index (χ4v) is 3.21. The highest BCUT2D eigenvalue weighted by atomic mass is 16.7. The maximum Gasteiger partial charge on any atom is 0.251 e. The van der Waals surface area contributed by atoms with Crippen LogP contribution in [0, 0.1) is 11.8 Å². The minimum absolute atomic E-state index is 0.113. The summed E-state index contributed by atoms with van der Waals surface area (Å²) in [6.07, 6.45) is 7.73. The van der Waals surface area contributed by atoms with E-state index in [1.807, 2.05) is 0 Å². The van der Waals surface area contributed by atoms with Gasteiger partial charge in [-0.1, -0.05) is 47.0 Å². The van der Waals surface area contributed by atoms with E-state index in [9.17, 15) is 9.90 Å². The summed E-state index contributed by atoms with van der Waals surface area (Å²) in [5.41, 5.74) is -1.29. The molecule has 1 rings (SSSR count). The van der Waals surface area contributed by atoms with E-state index in [4.69, 9.17) is 9.47 Å². The summed E-state index contributed by atoms with van der Waals surface area (Å²) in [5, 5.41) is 13.9. The molecule has 0 bridgehead atoms. The van der Waals surface area contributed by atoms with Crippen LogP contribution in [0.1, 0.15) is 85.5 Å². The molecule has 5 nitrogen and oxygen atoms in total. The van der Waals surface area contributed by atoms with Crippen LogP contribution in [0.15, 0.2) is 0 Å². The average Bonchev–Trinajstić information content (AvgIpc) is 2.61. The molecular weight excluding hydrogens is 330 g/mol. The van der Waals surface area contributed by atoms with Gasteiger partial charge in [-0.3, -0.25) is 4.79 Å². The quantitative estimate of drug-likeness (QED) is 0.480. The third-order valence-electron chi connectivity index (χ3n) is 4.89. The fourth-order valence-electron chi connectivity index (χ4n) is 3.21. The molecule has 0 aromatic carbocycles. The first kappa shape index (κ1) is 23.4. The van der Waals surface area contributed by atoms with Crippen molar-refractivity contribution in [3.8, 4) is 0 Å². The molecule has 2 unspecified atom stereocenters. The maximum atomic E-state index is 12.6. The van der Waals surface area contributed by atoms with E-state index in [0.717, 1.165) is 45.1 Å². The predicted molar refractivity (Wildman–Crippen MR) is 105 cm³/mol. The monoisotopic (exact) mass is 371 g/mol. The Bertz CT molecular complexity index is 380. The largest absolute Gasteiger partial charge is 0.380 e. The molecule has 1 fully saturated rings. The van der Waals surface area contributed by atoms with Gasteiger partial charge in [-0.25, -0.2) is 0 Å². The van der Waals surface area contributed by atoms with Crippen molar-refractivity contribution in [3.05, 3.63) is 0 Å². The van der Waals surface area contributed by atoms with Gasteiger partial charge in [0.2, 0.25) is 0 Å². The van der Waals surface area contributed by atoms with E-state index in [-0.39, 0.29) is 12.2 Å². The molecule has 0 aromatic rings. The Hall–Kier alpha value is -0.650. The van der Waals surface area contributed by atoms with E-state index in [1.165, 1.54) is 0 Å². The van der Waals surface area contributed by atoms with Crippen molar-refractivity contribution in [2.75, 3.05) is 19.8 Å². The van der Waals surface area contributed by atoms with Gasteiger partial charge >= 0.3 is 0 Å². The van der Waals surface area contributed by atoms with Crippen molar-refractivity contribution in [1.82, 2.24) is 5.32 Å². The second-order valence-electron chi connectivity index (χ2n) is 8.55. The van der Waals surface area contributed by atoms with E-state index in [2.05, 4.69) is 33.0 Å². The number of nitrogens with one attached hydrogen (secondary N) is 1. The van der Waals surface area contributed by atoms with Crippen LogP contribution in [0.25, 0.3) is 0 Å². The first-order valence-corrected chi connectivity index (χ1v) is 10.6. The molecule has 154 valence electrons. The zero-order chi connectivity index (χ0) is 19.4. The molecule has 0 aromatic heterocycles. The molecule has 1 amide bonds. The number of ether oxygens (including phenoxy) is 2. The van der Waals surface area contributed by atoms with E-state index >= 15 is 0 Å². The first-order valence-electron chi connectivity index (χ1n) is 10.6. The summed E-state index contributed by atoms with van der Waals surface area (Å²) in [7, 11) is 0. The van der Waals surface area contributed by atoms with Crippen LogP contribution in [0.3, 0.4) is 0 Å². The molecule has 1 saturated heterocycles. The van der Waals surface area contributed by atoms with Crippen molar-refractivity contribution in [2.45, 2.75) is 97.4 Å². The highest BCUT2D eigenvalue weighted by Gasteiger charge is 2.34. The fraction of sp³-hybridized carbons (Fsp3) is 0.952. The first-order chi connectivity index (χ1) is 12.3. The minimum atomic E-state index is -1.29. The third kappa shape index (κ3) is 9.89. The number of carbonyl (C=O) groups is 1. The maximum absolute atomic E-state index is 12.6. The number of amides is 1. The standard InChI is InChI=1S/C21H41NO4/c1-17(2)10-5-7-12-21(24,20(23)22-16-18(3)4)13-9-15-26-19-11-6-8-14-25-19/h17-19,24H,5-16H2,1-4H3,(H,22,23). The number of carbonyl (C=O) groups excluding carboxylic acids is 1. The van der Waals surface area contributed by atoms with Gasteiger partial charge in [-0.05, 0) is 50.4 Å². The molecule has 1 heterocycles. The third-order valence-corrected chi connectivity index (χ3v) is 4.89. The van der Waals surface area contributed by atoms with Crippen molar-refractivity contribution >= 4 is 5.91 Å². The minimum Gasteiger partial charge on any atom is -0.380 e. The zero-order valence-electron chi connectivity index (χ0n) is 17.4. The predicted octanol–water partition coefficient (Wildman–Crippen LogP) is 4.03. The molecule has 0 saturated carbocycles. The molecule has 0 aliphatic carbocycles. The van der Waals surface area contributed by atoms with Crippen LogP contribution in [-0.2, 0) is 14.3 Å². The lowest BCUT2D eigenvalue weighted by Crippen LogP contribution is -2.48. The van der Waals surface area contributed by atoms with Gasteiger partial charge in [0, 0.05) is 19.8 Å². The molecule has 5 heteroatoms. The highest BCUT2D eigenvalue weighted by molar-refractivity contribution is 5.84. The van der Waals surface area contributed by atoms with Crippen LogP contribution < -0.4 is 5.32 Å². The van der Waals surface area contributed by atoms with Gasteiger partial charge in [-0.15, -0.1) is 0 Å². The second-order valence-corrected chi connectivity index (χ2v) is 8.55. The lowest BCUT2D eigenvalue weighted by atomic mass is 9.89. The molecule has 2 atom stereocenters. The number of hydrogen-bond donors (Lipinski definition) is 2. The van der Waals surface area contributed by atoms with Crippen LogP contribution >= 0.6 is 0 Å². The topological polar surface area (TPSA) is 67.8 Å². The lowest BCUT2D eigenvalue weighted by Gasteiger charge is -2.28. The average molecular weight is 372 g/mol. The number of aliphatic hydroxyl groups is 1. The lowest BCUT2D eigenvalue weighted by molar-refractivity contribution is -0.165. The Kier molecular flexibility index (Phi) is 11.4. The van der Waals surface area contributed by atoms with Crippen molar-refractivity contribution in [1.29, 1.82) is 0 Å². The van der Waals surface area contributed by atoms with Gasteiger partial charge in [0.05, 0.1) is 0 Å². The number of hydrogen-bond acceptors (Lipinski definition) is 4. The second kappa shape index (κ2) is 12.7. The van der Waals surface area contributed by atoms with Crippen LogP contribution in [0.4, 0.5) is 0 Å². The van der Waals surface area contributed by atoms with Gasteiger partial charge in [0.1, 0.15) is 5.60 Å². The van der Waals surface area contributed by atoms with Crippen LogP contribution in [0.5, 0.6) is 0 Å². The zero-order valence-corrected chi connectivity index (χ0v) is 17.4. The number of unbranched alkanes of at least 4 members (excludes halogenated alkanes) is 1. The summed E-state index contributed by atoms with van der Waals surface area (Å²) < 4.78 is 11.3. The Morgan fingerprint density at radius 1 is 1.15 bits per heavy atom. The molecule has 0 radical (unpaired) electrons. The van der Waals surface area contributed by atoms with Gasteiger partial charge < -0.3 is 19.9 Å². The molecule has 0 spiro atoms. The number of rotatable bonds is 13. The van der Waals surface area contributed by atoms with Crippen molar-refractivity contribution in [3.63, 3.8) is 0 Å². The van der Waals surface area contributed by atoms with Gasteiger partial charge in [0.25, 0.3) is 5.91 Å². The molecule has 1 aliphatic rings. The summed E-state index contributed by atoms with van der Waals surface area (Å²) in [5.74, 6) is 0.794. The highest BCUT2D eigenvalue weighted by Crippen LogP contribution is 2.23. The smallest absolute Gasteiger partial charge is 0.251 e. The van der Waals surface area contributed by atoms with E-state index in [1.54, 1.807) is 0 Å². The van der Waals surface area contributed by atoms with Gasteiger partial charge in [0.15, 0.2) is 6.29 Å². The van der Waals surface area contributed by atoms with Crippen LogP contribution in [0.2, 0.25) is 0 Å². The van der Waals surface area contributed by atoms with E-state index in [0.29, 0.717) is 44.2 Å². The van der Waals surface area contributed by atoms with E-state index < -0.39 is 5.60 Å². The Balaban J connectivity index is 2.42. The molecular formula is C21H41NO4. The SMILES string of the molecule is CC(C)CCCCC(O)(CCCOC1CCCCO1)C(=O)NCC(C)C. The molecule has 2 N–H and O–H groups in total. The van der Waals surface area contributed by atoms with Crippen molar-refractivity contribution in [2.24, 2.45) is 11.8 Å². The summed E-state index contributed by atoms with van der Waals surface area (Å²) >= 11 is 0. The molecule has 1 aliphatic heterocycles. The molecule has 26 heavy (non-hydrogen) atoms. The summed E-state index contributed by atoms with van der Waals surface area (Å²) in [6.45, 7) is 10.4. The Labute approximate surface area is 160 Å². The van der Waals surface area contributed by atoms with Crippen LogP contribution in [-0.4, -0.2) is 42.7 Å².